The molecule has 0 radical (unpaired) electrons. The summed E-state index contributed by atoms with van der Waals surface area (Å²) >= 11 is 0. The maximum absolute atomic E-state index is 11.8. The number of aromatic nitrogens is 1. The van der Waals surface area contributed by atoms with E-state index < -0.39 is 0 Å². The molecule has 0 saturated carbocycles. The van der Waals surface area contributed by atoms with Crippen LogP contribution in [0.4, 0.5) is 0 Å². The van der Waals surface area contributed by atoms with E-state index in [1.54, 1.807) is 13.2 Å². The minimum Gasteiger partial charge on any atom is -0.377 e. The summed E-state index contributed by atoms with van der Waals surface area (Å²) in [4.78, 5) is 11.8. The van der Waals surface area contributed by atoms with Gasteiger partial charge in [0.1, 0.15) is 6.61 Å². The Bertz CT molecular complexity index is 454. The molecule has 1 aromatic rings. The summed E-state index contributed by atoms with van der Waals surface area (Å²) in [7, 11) is 1.56. The van der Waals surface area contributed by atoms with Crippen LogP contribution < -0.4 is 10.6 Å². The zero-order chi connectivity index (χ0) is 13.5. The molecule has 0 bridgehead atoms. The fourth-order valence-corrected chi connectivity index (χ4v) is 1.95. The monoisotopic (exact) mass is 265 g/mol. The molecule has 1 aliphatic rings. The number of ether oxygens (including phenoxy) is 1. The Morgan fingerprint density at radius 1 is 1.63 bits per heavy atom. The van der Waals surface area contributed by atoms with E-state index in [1.807, 2.05) is 0 Å². The zero-order valence-electron chi connectivity index (χ0n) is 11.1. The molecule has 0 aliphatic carbocycles. The molecule has 0 saturated heterocycles. The van der Waals surface area contributed by atoms with Crippen molar-refractivity contribution < 1.29 is 14.1 Å². The van der Waals surface area contributed by atoms with Crippen LogP contribution in [0.25, 0.3) is 0 Å². The van der Waals surface area contributed by atoms with Gasteiger partial charge in [0.2, 0.25) is 0 Å². The first-order valence-electron chi connectivity index (χ1n) is 6.41. The van der Waals surface area contributed by atoms with E-state index in [-0.39, 0.29) is 5.91 Å². The molecule has 0 spiro atoms. The van der Waals surface area contributed by atoms with E-state index >= 15 is 0 Å². The van der Waals surface area contributed by atoms with Gasteiger partial charge in [0.15, 0.2) is 11.5 Å². The molecule has 2 rings (SSSR count). The topological polar surface area (TPSA) is 76.4 Å². The van der Waals surface area contributed by atoms with E-state index in [2.05, 4.69) is 21.9 Å². The largest absolute Gasteiger partial charge is 0.377 e. The Morgan fingerprint density at radius 3 is 3.26 bits per heavy atom. The number of rotatable bonds is 6. The maximum atomic E-state index is 11.8. The van der Waals surface area contributed by atoms with Crippen molar-refractivity contribution in [3.63, 3.8) is 0 Å². The van der Waals surface area contributed by atoms with Gasteiger partial charge in [-0.15, -0.1) is 0 Å². The molecule has 2 heterocycles. The molecule has 6 nitrogen and oxygen atoms in total. The van der Waals surface area contributed by atoms with Gasteiger partial charge in [-0.1, -0.05) is 16.8 Å². The number of hydrogen-bond acceptors (Lipinski definition) is 5. The molecule has 0 aromatic carbocycles. The van der Waals surface area contributed by atoms with Gasteiger partial charge >= 0.3 is 0 Å². The third kappa shape index (κ3) is 4.18. The first-order chi connectivity index (χ1) is 9.29. The number of carbonyl (C=O) groups is 1. The van der Waals surface area contributed by atoms with Crippen molar-refractivity contribution in [1.82, 2.24) is 15.8 Å². The fourth-order valence-electron chi connectivity index (χ4n) is 1.95. The first-order valence-corrected chi connectivity index (χ1v) is 6.41. The van der Waals surface area contributed by atoms with Gasteiger partial charge in [-0.3, -0.25) is 4.79 Å². The van der Waals surface area contributed by atoms with Crippen molar-refractivity contribution in [2.45, 2.75) is 19.4 Å². The van der Waals surface area contributed by atoms with Crippen LogP contribution in [-0.4, -0.2) is 37.8 Å². The lowest BCUT2D eigenvalue weighted by molar-refractivity contribution is 0.0944. The Morgan fingerprint density at radius 2 is 2.53 bits per heavy atom. The van der Waals surface area contributed by atoms with E-state index in [4.69, 9.17) is 9.26 Å². The minimum absolute atomic E-state index is 0.208. The summed E-state index contributed by atoms with van der Waals surface area (Å²) in [5, 5.41) is 9.80. The summed E-state index contributed by atoms with van der Waals surface area (Å²) in [5.74, 6) is 0.342. The molecular formula is C13H19N3O3. The lowest BCUT2D eigenvalue weighted by atomic mass is 10.1. The van der Waals surface area contributed by atoms with Crippen molar-refractivity contribution in [3.8, 4) is 0 Å². The van der Waals surface area contributed by atoms with Gasteiger partial charge in [-0.2, -0.15) is 0 Å². The Kier molecular flexibility index (Phi) is 5.11. The number of hydrogen-bond donors (Lipinski definition) is 2. The molecule has 0 atom stereocenters. The number of nitrogens with one attached hydrogen (secondary N) is 2. The molecule has 2 N–H and O–H groups in total. The second-order valence-corrected chi connectivity index (χ2v) is 4.43. The normalized spacial score (nSPS) is 15.1. The molecule has 0 fully saturated rings. The van der Waals surface area contributed by atoms with Gasteiger partial charge in [-0.25, -0.2) is 0 Å². The van der Waals surface area contributed by atoms with E-state index in [1.165, 1.54) is 5.57 Å². The van der Waals surface area contributed by atoms with Gasteiger partial charge in [0.25, 0.3) is 5.91 Å². The lowest BCUT2D eigenvalue weighted by Gasteiger charge is -2.13. The Labute approximate surface area is 112 Å². The van der Waals surface area contributed by atoms with Crippen molar-refractivity contribution in [2.24, 2.45) is 0 Å². The summed E-state index contributed by atoms with van der Waals surface area (Å²) < 4.78 is 9.87. The minimum atomic E-state index is -0.208. The summed E-state index contributed by atoms with van der Waals surface area (Å²) in [6.45, 7) is 2.88. The highest BCUT2D eigenvalue weighted by molar-refractivity contribution is 5.92. The van der Waals surface area contributed by atoms with Crippen LogP contribution in [0, 0.1) is 0 Å². The van der Waals surface area contributed by atoms with Crippen molar-refractivity contribution in [1.29, 1.82) is 0 Å². The number of amides is 1. The fraction of sp³-hybridized carbons (Fsp3) is 0.538. The first kappa shape index (κ1) is 13.8. The summed E-state index contributed by atoms with van der Waals surface area (Å²) in [5.41, 5.74) is 1.69. The molecule has 1 aromatic heterocycles. The second kappa shape index (κ2) is 7.06. The predicted molar refractivity (Wildman–Crippen MR) is 69.7 cm³/mol. The highest BCUT2D eigenvalue weighted by Gasteiger charge is 2.12. The molecule has 19 heavy (non-hydrogen) atoms. The summed E-state index contributed by atoms with van der Waals surface area (Å²) in [6.07, 6.45) is 4.12. The predicted octanol–water partition coefficient (Wildman–Crippen LogP) is 0.861. The second-order valence-electron chi connectivity index (χ2n) is 4.43. The van der Waals surface area contributed by atoms with Crippen LogP contribution in [-0.2, 0) is 11.3 Å². The lowest BCUT2D eigenvalue weighted by Crippen LogP contribution is -2.26. The smallest absolute Gasteiger partial charge is 0.273 e. The van der Waals surface area contributed by atoms with Crippen LogP contribution in [0.15, 0.2) is 22.2 Å². The van der Waals surface area contributed by atoms with Gasteiger partial charge in [0, 0.05) is 26.3 Å². The number of carbonyl (C=O) groups excluding carboxylic acids is 1. The standard InChI is InChI=1S/C13H19N3O3/c1-18-9-11-8-12(16-19-11)13(17)15-7-4-10-2-5-14-6-3-10/h2,8,14H,3-7,9H2,1H3,(H,15,17). The molecule has 0 unspecified atom stereocenters. The highest BCUT2D eigenvalue weighted by Crippen LogP contribution is 2.08. The molecule has 6 heteroatoms. The third-order valence-corrected chi connectivity index (χ3v) is 2.97. The number of nitrogens with zero attached hydrogens (tertiary/aromatic N) is 1. The van der Waals surface area contributed by atoms with Crippen LogP contribution in [0.3, 0.4) is 0 Å². The molecule has 1 amide bonds. The van der Waals surface area contributed by atoms with Crippen LogP contribution in [0.5, 0.6) is 0 Å². The average molecular weight is 265 g/mol. The molecular weight excluding hydrogens is 246 g/mol. The summed E-state index contributed by atoms with van der Waals surface area (Å²) in [6, 6.07) is 1.60. The van der Waals surface area contributed by atoms with E-state index in [0.717, 1.165) is 25.9 Å². The van der Waals surface area contributed by atoms with Crippen molar-refractivity contribution in [3.05, 3.63) is 29.2 Å². The van der Waals surface area contributed by atoms with E-state index in [9.17, 15) is 4.79 Å². The zero-order valence-corrected chi connectivity index (χ0v) is 11.1. The van der Waals surface area contributed by atoms with Crippen LogP contribution in [0.1, 0.15) is 29.1 Å². The van der Waals surface area contributed by atoms with Gasteiger partial charge in [-0.05, 0) is 19.4 Å². The van der Waals surface area contributed by atoms with Crippen LogP contribution >= 0.6 is 0 Å². The van der Waals surface area contributed by atoms with Gasteiger partial charge in [0.05, 0.1) is 0 Å². The Balaban J connectivity index is 1.75. The van der Waals surface area contributed by atoms with Crippen molar-refractivity contribution in [2.75, 3.05) is 26.7 Å². The number of methoxy groups -OCH3 is 1. The Hall–Kier alpha value is -1.66. The van der Waals surface area contributed by atoms with E-state index in [0.29, 0.717) is 24.6 Å². The third-order valence-electron chi connectivity index (χ3n) is 2.97. The average Bonchev–Trinajstić information content (AvgIpc) is 2.89. The SMILES string of the molecule is COCc1cc(C(=O)NCCC2=CCNCC2)no1. The molecule has 1 aliphatic heterocycles. The maximum Gasteiger partial charge on any atom is 0.273 e. The quantitative estimate of drug-likeness (QED) is 0.746. The molecule has 104 valence electrons. The van der Waals surface area contributed by atoms with Crippen molar-refractivity contribution >= 4 is 5.91 Å². The van der Waals surface area contributed by atoms with Gasteiger partial charge < -0.3 is 19.9 Å². The highest BCUT2D eigenvalue weighted by atomic mass is 16.5. The van der Waals surface area contributed by atoms with Crippen LogP contribution in [0.2, 0.25) is 0 Å².